The van der Waals surface area contributed by atoms with Crippen molar-refractivity contribution in [2.24, 2.45) is 0 Å². The molecule has 3 rings (SSSR count). The fraction of sp³-hybridized carbons (Fsp3) is 0.375. The van der Waals surface area contributed by atoms with Gasteiger partial charge in [-0.1, -0.05) is 0 Å². The van der Waals surface area contributed by atoms with Gasteiger partial charge >= 0.3 is 0 Å². The average molecular weight is 288 g/mol. The minimum Gasteiger partial charge on any atom is -0.396 e. The topological polar surface area (TPSA) is 37.4 Å². The van der Waals surface area contributed by atoms with Crippen molar-refractivity contribution in [1.29, 1.82) is 0 Å². The van der Waals surface area contributed by atoms with E-state index in [1.165, 1.54) is 11.8 Å². The van der Waals surface area contributed by atoms with Crippen molar-refractivity contribution in [3.63, 3.8) is 0 Å². The van der Waals surface area contributed by atoms with Crippen molar-refractivity contribution in [1.82, 2.24) is 14.4 Å². The fourth-order valence-electron chi connectivity index (χ4n) is 2.70. The van der Waals surface area contributed by atoms with E-state index in [-0.39, 0.29) is 11.5 Å². The van der Waals surface area contributed by atoms with E-state index < -0.39 is 0 Å². The molecule has 1 aliphatic rings. The van der Waals surface area contributed by atoms with Crippen LogP contribution in [0, 0.1) is 5.82 Å². The lowest BCUT2D eigenvalue weighted by Gasteiger charge is -2.32. The van der Waals surface area contributed by atoms with Crippen LogP contribution in [0.25, 0.3) is 5.69 Å². The highest BCUT2D eigenvalue weighted by atomic mass is 19.1. The molecule has 0 bridgehead atoms. The van der Waals surface area contributed by atoms with E-state index in [1.807, 2.05) is 22.9 Å². The van der Waals surface area contributed by atoms with Gasteiger partial charge in [0.2, 0.25) is 0 Å². The first-order valence-corrected chi connectivity index (χ1v) is 7.26. The van der Waals surface area contributed by atoms with Gasteiger partial charge in [0.15, 0.2) is 0 Å². The third-order valence-electron chi connectivity index (χ3n) is 4.08. The summed E-state index contributed by atoms with van der Waals surface area (Å²) in [7, 11) is 2.15. The SMILES string of the molecule is CN1CCN(Cc2cccn2-c2ccc(N)c(F)c2)CC1. The second kappa shape index (κ2) is 5.87. The number of nitrogens with zero attached hydrogens (tertiary/aromatic N) is 3. The lowest BCUT2D eigenvalue weighted by atomic mass is 10.2. The number of benzene rings is 1. The summed E-state index contributed by atoms with van der Waals surface area (Å²) in [5.74, 6) is -0.369. The molecular formula is C16H21FN4. The number of rotatable bonds is 3. The maximum atomic E-state index is 13.7. The summed E-state index contributed by atoms with van der Waals surface area (Å²) in [6.07, 6.45) is 1.97. The second-order valence-corrected chi connectivity index (χ2v) is 5.65. The molecular weight excluding hydrogens is 267 g/mol. The molecule has 4 nitrogen and oxygen atoms in total. The molecule has 0 radical (unpaired) electrons. The lowest BCUT2D eigenvalue weighted by Crippen LogP contribution is -2.44. The zero-order chi connectivity index (χ0) is 14.8. The van der Waals surface area contributed by atoms with Crippen LogP contribution in [0.1, 0.15) is 5.69 Å². The Bertz CT molecular complexity index is 614. The number of anilines is 1. The van der Waals surface area contributed by atoms with Crippen LogP contribution in [0.4, 0.5) is 10.1 Å². The second-order valence-electron chi connectivity index (χ2n) is 5.65. The molecule has 2 aromatic rings. The van der Waals surface area contributed by atoms with E-state index in [2.05, 4.69) is 22.9 Å². The van der Waals surface area contributed by atoms with Gasteiger partial charge in [-0.3, -0.25) is 4.90 Å². The van der Waals surface area contributed by atoms with Gasteiger partial charge in [0, 0.05) is 50.3 Å². The molecule has 21 heavy (non-hydrogen) atoms. The zero-order valence-electron chi connectivity index (χ0n) is 12.3. The molecule has 0 spiro atoms. The van der Waals surface area contributed by atoms with E-state index >= 15 is 0 Å². The van der Waals surface area contributed by atoms with E-state index in [0.717, 1.165) is 38.4 Å². The fourth-order valence-corrected chi connectivity index (χ4v) is 2.70. The number of aromatic nitrogens is 1. The number of halogens is 1. The molecule has 0 atom stereocenters. The highest BCUT2D eigenvalue weighted by Crippen LogP contribution is 2.19. The van der Waals surface area contributed by atoms with Crippen LogP contribution in [-0.4, -0.2) is 47.6 Å². The van der Waals surface area contributed by atoms with E-state index in [1.54, 1.807) is 6.07 Å². The molecule has 1 fully saturated rings. The number of likely N-dealkylation sites (N-methyl/N-ethyl adjacent to an activating group) is 1. The zero-order valence-corrected chi connectivity index (χ0v) is 12.3. The molecule has 5 heteroatoms. The minimum atomic E-state index is -0.369. The van der Waals surface area contributed by atoms with Crippen LogP contribution in [0.5, 0.6) is 0 Å². The molecule has 1 aliphatic heterocycles. The Morgan fingerprint density at radius 2 is 1.90 bits per heavy atom. The third-order valence-corrected chi connectivity index (χ3v) is 4.08. The smallest absolute Gasteiger partial charge is 0.148 e. The third kappa shape index (κ3) is 3.09. The van der Waals surface area contributed by atoms with Gasteiger partial charge in [0.25, 0.3) is 0 Å². The van der Waals surface area contributed by atoms with E-state index in [9.17, 15) is 4.39 Å². The first kappa shape index (κ1) is 14.1. The summed E-state index contributed by atoms with van der Waals surface area (Å²) in [6.45, 7) is 5.21. The number of hydrogen-bond acceptors (Lipinski definition) is 3. The van der Waals surface area contributed by atoms with Crippen LogP contribution in [-0.2, 0) is 6.54 Å². The Morgan fingerprint density at radius 3 is 2.62 bits per heavy atom. The van der Waals surface area contributed by atoms with Crippen LogP contribution >= 0.6 is 0 Å². The molecule has 2 heterocycles. The summed E-state index contributed by atoms with van der Waals surface area (Å²) in [4.78, 5) is 4.77. The van der Waals surface area contributed by atoms with Gasteiger partial charge in [-0.25, -0.2) is 4.39 Å². The largest absolute Gasteiger partial charge is 0.396 e. The maximum absolute atomic E-state index is 13.7. The molecule has 1 aromatic heterocycles. The number of nitrogens with two attached hydrogens (primary N) is 1. The highest BCUT2D eigenvalue weighted by Gasteiger charge is 2.15. The van der Waals surface area contributed by atoms with E-state index in [0.29, 0.717) is 0 Å². The molecule has 0 unspecified atom stereocenters. The maximum Gasteiger partial charge on any atom is 0.148 e. The van der Waals surface area contributed by atoms with Gasteiger partial charge in [-0.05, 0) is 37.4 Å². The highest BCUT2D eigenvalue weighted by molar-refractivity contribution is 5.47. The predicted molar refractivity (Wildman–Crippen MR) is 82.9 cm³/mol. The first-order chi connectivity index (χ1) is 10.1. The Hall–Kier alpha value is -1.85. The van der Waals surface area contributed by atoms with Gasteiger partial charge < -0.3 is 15.2 Å². The lowest BCUT2D eigenvalue weighted by molar-refractivity contribution is 0.146. The van der Waals surface area contributed by atoms with Crippen LogP contribution in [0.2, 0.25) is 0 Å². The van der Waals surface area contributed by atoms with Gasteiger partial charge in [0.05, 0.1) is 5.69 Å². The molecule has 2 N–H and O–H groups in total. The monoisotopic (exact) mass is 288 g/mol. The summed E-state index contributed by atoms with van der Waals surface area (Å²) in [5, 5.41) is 0. The van der Waals surface area contributed by atoms with Gasteiger partial charge in [0.1, 0.15) is 5.82 Å². The Labute approximate surface area is 124 Å². The first-order valence-electron chi connectivity index (χ1n) is 7.26. The van der Waals surface area contributed by atoms with Crippen molar-refractivity contribution in [3.05, 3.63) is 48.0 Å². The van der Waals surface area contributed by atoms with E-state index in [4.69, 9.17) is 5.73 Å². The van der Waals surface area contributed by atoms with Crippen LogP contribution < -0.4 is 5.73 Å². The number of hydrogen-bond donors (Lipinski definition) is 1. The van der Waals surface area contributed by atoms with Crippen molar-refractivity contribution < 1.29 is 4.39 Å². The summed E-state index contributed by atoms with van der Waals surface area (Å²) in [6, 6.07) is 9.05. The van der Waals surface area contributed by atoms with Gasteiger partial charge in [-0.15, -0.1) is 0 Å². The molecule has 0 aliphatic carbocycles. The Balaban J connectivity index is 1.79. The standard InChI is InChI=1S/C16H21FN4/c1-19-7-9-20(10-8-19)12-14-3-2-6-21(14)13-4-5-16(18)15(17)11-13/h2-6,11H,7-10,12,18H2,1H3. The normalized spacial score (nSPS) is 17.2. The molecule has 1 saturated heterocycles. The Morgan fingerprint density at radius 1 is 1.14 bits per heavy atom. The summed E-state index contributed by atoms with van der Waals surface area (Å²) in [5.41, 5.74) is 7.72. The summed E-state index contributed by atoms with van der Waals surface area (Å²) >= 11 is 0. The average Bonchev–Trinajstić information content (AvgIpc) is 2.92. The van der Waals surface area contributed by atoms with Crippen molar-refractivity contribution >= 4 is 5.69 Å². The Kier molecular flexibility index (Phi) is 3.94. The number of piperazine rings is 1. The van der Waals surface area contributed by atoms with Crippen LogP contribution in [0.15, 0.2) is 36.5 Å². The minimum absolute atomic E-state index is 0.187. The van der Waals surface area contributed by atoms with Gasteiger partial charge in [-0.2, -0.15) is 0 Å². The molecule has 112 valence electrons. The quantitative estimate of drug-likeness (QED) is 0.877. The predicted octanol–water partition coefficient (Wildman–Crippen LogP) is 1.95. The van der Waals surface area contributed by atoms with Crippen molar-refractivity contribution in [2.75, 3.05) is 39.0 Å². The summed E-state index contributed by atoms with van der Waals surface area (Å²) < 4.78 is 15.7. The van der Waals surface area contributed by atoms with Crippen molar-refractivity contribution in [2.45, 2.75) is 6.54 Å². The molecule has 1 aromatic carbocycles. The molecule has 0 saturated carbocycles. The van der Waals surface area contributed by atoms with Crippen LogP contribution in [0.3, 0.4) is 0 Å². The van der Waals surface area contributed by atoms with Crippen molar-refractivity contribution in [3.8, 4) is 5.69 Å². The number of nitrogen functional groups attached to an aromatic ring is 1. The molecule has 0 amide bonds.